The fourth-order valence-electron chi connectivity index (χ4n) is 2.54. The summed E-state index contributed by atoms with van der Waals surface area (Å²) >= 11 is 0. The Bertz CT molecular complexity index is 401. The summed E-state index contributed by atoms with van der Waals surface area (Å²) in [4.78, 5) is 4.31. The molecule has 0 radical (unpaired) electrons. The molecule has 0 amide bonds. The van der Waals surface area contributed by atoms with Gasteiger partial charge < -0.3 is 14.8 Å². The highest BCUT2D eigenvalue weighted by atomic mass is 16.5. The molecule has 0 saturated carbocycles. The van der Waals surface area contributed by atoms with E-state index >= 15 is 0 Å². The van der Waals surface area contributed by atoms with Gasteiger partial charge in [-0.1, -0.05) is 0 Å². The molecule has 2 rings (SSSR count). The highest BCUT2D eigenvalue weighted by molar-refractivity contribution is 5.23. The van der Waals surface area contributed by atoms with Crippen LogP contribution in [0.15, 0.2) is 18.3 Å². The van der Waals surface area contributed by atoms with E-state index in [0.717, 1.165) is 12.8 Å². The third-order valence-corrected chi connectivity index (χ3v) is 3.63. The van der Waals surface area contributed by atoms with Gasteiger partial charge in [0.1, 0.15) is 6.10 Å². The Balaban J connectivity index is 2.02. The van der Waals surface area contributed by atoms with E-state index in [9.17, 15) is 0 Å². The molecule has 0 aromatic carbocycles. The summed E-state index contributed by atoms with van der Waals surface area (Å²) in [6, 6.07) is 4.34. The number of nitrogens with one attached hydrogen (secondary N) is 1. The minimum absolute atomic E-state index is 0.200. The highest BCUT2D eigenvalue weighted by Crippen LogP contribution is 2.24. The summed E-state index contributed by atoms with van der Waals surface area (Å²) in [5, 5.41) is 3.22. The molecule has 1 aliphatic heterocycles. The van der Waals surface area contributed by atoms with Gasteiger partial charge in [-0.15, -0.1) is 0 Å². The first kappa shape index (κ1) is 14.3. The monoisotopic (exact) mass is 264 g/mol. The van der Waals surface area contributed by atoms with Crippen molar-refractivity contribution in [2.24, 2.45) is 0 Å². The number of hydrogen-bond acceptors (Lipinski definition) is 4. The molecule has 106 valence electrons. The molecule has 1 N–H and O–H groups in total. The lowest BCUT2D eigenvalue weighted by atomic mass is 10.0. The van der Waals surface area contributed by atoms with E-state index in [4.69, 9.17) is 9.47 Å². The van der Waals surface area contributed by atoms with Crippen molar-refractivity contribution in [1.29, 1.82) is 0 Å². The molecule has 4 heteroatoms. The van der Waals surface area contributed by atoms with Crippen LogP contribution < -0.4 is 10.1 Å². The Kier molecular flexibility index (Phi) is 4.77. The van der Waals surface area contributed by atoms with Crippen LogP contribution in [0.1, 0.15) is 45.2 Å². The molecule has 4 nitrogen and oxygen atoms in total. The number of hydrogen-bond donors (Lipinski definition) is 1. The van der Waals surface area contributed by atoms with Gasteiger partial charge in [-0.2, -0.15) is 0 Å². The molecule has 1 aromatic heterocycles. The van der Waals surface area contributed by atoms with Crippen LogP contribution in [0.3, 0.4) is 0 Å². The molecular weight excluding hydrogens is 240 g/mol. The van der Waals surface area contributed by atoms with Crippen molar-refractivity contribution >= 4 is 0 Å². The molecule has 1 aromatic rings. The number of pyridine rings is 1. The lowest BCUT2D eigenvalue weighted by Crippen LogP contribution is -2.35. The first-order chi connectivity index (χ1) is 9.08. The van der Waals surface area contributed by atoms with Crippen LogP contribution in [0.5, 0.6) is 5.88 Å². The van der Waals surface area contributed by atoms with Crippen molar-refractivity contribution in [1.82, 2.24) is 10.3 Å². The maximum Gasteiger partial charge on any atom is 0.213 e. The van der Waals surface area contributed by atoms with E-state index in [1.165, 1.54) is 5.56 Å². The number of nitrogens with zero attached hydrogens (tertiary/aromatic N) is 1. The number of ether oxygens (including phenoxy) is 2. The molecule has 0 aliphatic carbocycles. The van der Waals surface area contributed by atoms with Gasteiger partial charge in [-0.25, -0.2) is 4.98 Å². The Morgan fingerprint density at radius 3 is 2.68 bits per heavy atom. The van der Waals surface area contributed by atoms with E-state index in [2.05, 4.69) is 31.1 Å². The average molecular weight is 264 g/mol. The third-order valence-electron chi connectivity index (χ3n) is 3.63. The lowest BCUT2D eigenvalue weighted by Gasteiger charge is -2.32. The van der Waals surface area contributed by atoms with Gasteiger partial charge in [0, 0.05) is 31.1 Å². The van der Waals surface area contributed by atoms with Crippen LogP contribution in [0.4, 0.5) is 0 Å². The number of aromatic nitrogens is 1. The van der Waals surface area contributed by atoms with Crippen molar-refractivity contribution in [3.05, 3.63) is 23.9 Å². The predicted octanol–water partition coefficient (Wildman–Crippen LogP) is 2.70. The standard InChI is InChI=1S/C15H24N2O2/c1-10-7-14(8-11(2)18-10)19-15-9-13(5-6-17-15)12(3)16-4/h5-6,9-12,14,16H,7-8H2,1-4H3. The van der Waals surface area contributed by atoms with Crippen molar-refractivity contribution in [2.45, 2.75) is 58.0 Å². The van der Waals surface area contributed by atoms with Crippen LogP contribution in [0.2, 0.25) is 0 Å². The van der Waals surface area contributed by atoms with Crippen LogP contribution in [0, 0.1) is 0 Å². The maximum absolute atomic E-state index is 6.01. The van der Waals surface area contributed by atoms with Crippen LogP contribution in [-0.4, -0.2) is 30.3 Å². The van der Waals surface area contributed by atoms with Gasteiger partial charge in [0.2, 0.25) is 5.88 Å². The summed E-state index contributed by atoms with van der Waals surface area (Å²) in [6.07, 6.45) is 4.38. The maximum atomic E-state index is 6.01. The molecule has 0 spiro atoms. The summed E-state index contributed by atoms with van der Waals surface area (Å²) in [5.41, 5.74) is 1.20. The average Bonchev–Trinajstić information content (AvgIpc) is 2.37. The zero-order valence-electron chi connectivity index (χ0n) is 12.2. The highest BCUT2D eigenvalue weighted by Gasteiger charge is 2.26. The molecular formula is C15H24N2O2. The fraction of sp³-hybridized carbons (Fsp3) is 0.667. The molecule has 0 bridgehead atoms. The minimum atomic E-state index is 0.200. The van der Waals surface area contributed by atoms with Crippen LogP contribution >= 0.6 is 0 Å². The van der Waals surface area contributed by atoms with Gasteiger partial charge in [0.05, 0.1) is 12.2 Å². The van der Waals surface area contributed by atoms with Gasteiger partial charge in [-0.3, -0.25) is 0 Å². The van der Waals surface area contributed by atoms with Gasteiger partial charge in [0.15, 0.2) is 0 Å². The summed E-state index contributed by atoms with van der Waals surface area (Å²) in [5.74, 6) is 0.714. The molecule has 3 unspecified atom stereocenters. The Morgan fingerprint density at radius 1 is 1.37 bits per heavy atom. The van der Waals surface area contributed by atoms with Crippen LogP contribution in [-0.2, 0) is 4.74 Å². The van der Waals surface area contributed by atoms with E-state index in [-0.39, 0.29) is 18.3 Å². The Hall–Kier alpha value is -1.13. The Morgan fingerprint density at radius 2 is 2.05 bits per heavy atom. The predicted molar refractivity (Wildman–Crippen MR) is 75.4 cm³/mol. The van der Waals surface area contributed by atoms with E-state index < -0.39 is 0 Å². The second kappa shape index (κ2) is 6.35. The molecule has 1 aliphatic rings. The fourth-order valence-corrected chi connectivity index (χ4v) is 2.54. The first-order valence-electron chi connectivity index (χ1n) is 7.03. The van der Waals surface area contributed by atoms with E-state index in [1.54, 1.807) is 0 Å². The molecule has 3 atom stereocenters. The first-order valence-corrected chi connectivity index (χ1v) is 7.03. The van der Waals surface area contributed by atoms with E-state index in [0.29, 0.717) is 11.9 Å². The quantitative estimate of drug-likeness (QED) is 0.908. The van der Waals surface area contributed by atoms with Crippen molar-refractivity contribution < 1.29 is 9.47 Å². The topological polar surface area (TPSA) is 43.4 Å². The van der Waals surface area contributed by atoms with Gasteiger partial charge in [-0.05, 0) is 39.4 Å². The molecule has 1 fully saturated rings. The summed E-state index contributed by atoms with van der Waals surface area (Å²) in [7, 11) is 1.95. The van der Waals surface area contributed by atoms with Crippen molar-refractivity contribution in [3.8, 4) is 5.88 Å². The lowest BCUT2D eigenvalue weighted by molar-refractivity contribution is -0.0729. The molecule has 2 heterocycles. The number of rotatable bonds is 4. The Labute approximate surface area is 115 Å². The third kappa shape index (κ3) is 3.91. The normalized spacial score (nSPS) is 28.9. The SMILES string of the molecule is CNC(C)c1ccnc(OC2CC(C)OC(C)C2)c1. The second-order valence-electron chi connectivity index (χ2n) is 5.41. The van der Waals surface area contributed by atoms with Crippen molar-refractivity contribution in [2.75, 3.05) is 7.05 Å². The zero-order valence-corrected chi connectivity index (χ0v) is 12.2. The largest absolute Gasteiger partial charge is 0.474 e. The minimum Gasteiger partial charge on any atom is -0.474 e. The zero-order chi connectivity index (χ0) is 13.8. The molecule has 1 saturated heterocycles. The molecule has 19 heavy (non-hydrogen) atoms. The van der Waals surface area contributed by atoms with E-state index in [1.807, 2.05) is 25.4 Å². The van der Waals surface area contributed by atoms with Gasteiger partial charge in [0.25, 0.3) is 0 Å². The van der Waals surface area contributed by atoms with Crippen LogP contribution in [0.25, 0.3) is 0 Å². The summed E-state index contributed by atoms with van der Waals surface area (Å²) < 4.78 is 11.7. The summed E-state index contributed by atoms with van der Waals surface area (Å²) in [6.45, 7) is 6.32. The second-order valence-corrected chi connectivity index (χ2v) is 5.41. The van der Waals surface area contributed by atoms with Gasteiger partial charge >= 0.3 is 0 Å². The van der Waals surface area contributed by atoms with Crippen molar-refractivity contribution in [3.63, 3.8) is 0 Å². The smallest absolute Gasteiger partial charge is 0.213 e.